The van der Waals surface area contributed by atoms with Gasteiger partial charge in [-0.05, 0) is 12.5 Å². The van der Waals surface area contributed by atoms with Crippen molar-refractivity contribution >= 4 is 34.1 Å². The second-order valence-electron chi connectivity index (χ2n) is 5.88. The molecule has 2 aromatic carbocycles. The van der Waals surface area contributed by atoms with Gasteiger partial charge in [0.15, 0.2) is 16.7 Å². The highest BCUT2D eigenvalue weighted by Gasteiger charge is 2.27. The molecule has 0 fully saturated rings. The molecule has 1 amide bonds. The molecule has 0 atom stereocenters. The van der Waals surface area contributed by atoms with Gasteiger partial charge in [0, 0.05) is 5.75 Å². The number of benzene rings is 2. The van der Waals surface area contributed by atoms with Crippen LogP contribution in [-0.4, -0.2) is 22.7 Å². The fourth-order valence-corrected chi connectivity index (χ4v) is 3.88. The van der Waals surface area contributed by atoms with Crippen molar-refractivity contribution < 1.29 is 31.5 Å². The molecular formula is C18H12F5N3O2S2. The summed E-state index contributed by atoms with van der Waals surface area (Å²) in [5.41, 5.74) is 2.21. The average Bonchev–Trinajstić information content (AvgIpc) is 3.17. The lowest BCUT2D eigenvalue weighted by Gasteiger charge is -2.09. The standard InChI is InChI=1S/C18H12F5N3O2S2/c1-8-2-4-9(5-3-8)7-29-18-26-25-17(30-18)24-10(27)6-28-16-14(22)12(20)11(19)13(21)15(16)23/h2-5H,6-7H2,1H3,(H,24,25,27). The first-order chi connectivity index (χ1) is 14.3. The number of carbonyl (C=O) groups is 1. The van der Waals surface area contributed by atoms with E-state index >= 15 is 0 Å². The Morgan fingerprint density at radius 2 is 1.60 bits per heavy atom. The molecule has 0 bridgehead atoms. The summed E-state index contributed by atoms with van der Waals surface area (Å²) in [7, 11) is 0. The molecule has 0 spiro atoms. The van der Waals surface area contributed by atoms with Gasteiger partial charge in [-0.1, -0.05) is 52.9 Å². The number of hydrogen-bond donors (Lipinski definition) is 1. The molecule has 0 aliphatic carbocycles. The van der Waals surface area contributed by atoms with Gasteiger partial charge in [-0.2, -0.15) is 8.78 Å². The van der Waals surface area contributed by atoms with Crippen molar-refractivity contribution in [2.45, 2.75) is 17.0 Å². The van der Waals surface area contributed by atoms with Crippen molar-refractivity contribution in [2.24, 2.45) is 0 Å². The molecule has 5 nitrogen and oxygen atoms in total. The van der Waals surface area contributed by atoms with Crippen molar-refractivity contribution in [3.8, 4) is 5.75 Å². The number of amides is 1. The van der Waals surface area contributed by atoms with Crippen molar-refractivity contribution in [3.63, 3.8) is 0 Å². The largest absolute Gasteiger partial charge is 0.477 e. The van der Waals surface area contributed by atoms with E-state index in [9.17, 15) is 26.7 Å². The van der Waals surface area contributed by atoms with E-state index in [1.165, 1.54) is 11.8 Å². The number of nitrogens with one attached hydrogen (secondary N) is 1. The minimum atomic E-state index is -2.31. The molecule has 0 aliphatic heterocycles. The third kappa shape index (κ3) is 5.05. The lowest BCUT2D eigenvalue weighted by molar-refractivity contribution is -0.118. The predicted molar refractivity (Wildman–Crippen MR) is 101 cm³/mol. The molecule has 0 aliphatic rings. The smallest absolute Gasteiger partial charge is 0.264 e. The van der Waals surface area contributed by atoms with Gasteiger partial charge in [-0.3, -0.25) is 10.1 Å². The molecule has 3 aromatic rings. The van der Waals surface area contributed by atoms with Crippen molar-refractivity contribution in [1.29, 1.82) is 0 Å². The zero-order valence-electron chi connectivity index (χ0n) is 15.1. The molecule has 0 saturated heterocycles. The number of anilines is 1. The normalized spacial score (nSPS) is 10.9. The van der Waals surface area contributed by atoms with Crippen LogP contribution in [0.25, 0.3) is 0 Å². The van der Waals surface area contributed by atoms with Crippen molar-refractivity contribution in [3.05, 3.63) is 64.5 Å². The summed E-state index contributed by atoms with van der Waals surface area (Å²) < 4.78 is 71.4. The van der Waals surface area contributed by atoms with Gasteiger partial charge in [0.2, 0.25) is 34.2 Å². The summed E-state index contributed by atoms with van der Waals surface area (Å²) in [6.45, 7) is 0.982. The third-order valence-corrected chi connectivity index (χ3v) is 5.70. The van der Waals surface area contributed by atoms with Gasteiger partial charge in [0.25, 0.3) is 5.91 Å². The third-order valence-electron chi connectivity index (χ3n) is 3.65. The Morgan fingerprint density at radius 3 is 2.23 bits per heavy atom. The molecule has 0 radical (unpaired) electrons. The van der Waals surface area contributed by atoms with Crippen LogP contribution in [0.1, 0.15) is 11.1 Å². The predicted octanol–water partition coefficient (Wildman–Crippen LogP) is 4.85. The molecular weight excluding hydrogens is 449 g/mol. The van der Waals surface area contributed by atoms with Gasteiger partial charge in [-0.15, -0.1) is 10.2 Å². The number of rotatable bonds is 7. The summed E-state index contributed by atoms with van der Waals surface area (Å²) >= 11 is 2.44. The first-order valence-electron chi connectivity index (χ1n) is 8.22. The Kier molecular flexibility index (Phi) is 6.87. The summed E-state index contributed by atoms with van der Waals surface area (Å²) in [5, 5.41) is 10.0. The average molecular weight is 461 g/mol. The zero-order valence-corrected chi connectivity index (χ0v) is 16.8. The Balaban J connectivity index is 1.55. The molecule has 158 valence electrons. The van der Waals surface area contributed by atoms with E-state index in [4.69, 9.17) is 0 Å². The highest BCUT2D eigenvalue weighted by atomic mass is 32.2. The monoisotopic (exact) mass is 461 g/mol. The van der Waals surface area contributed by atoms with Crippen LogP contribution in [0.4, 0.5) is 27.1 Å². The molecule has 1 N–H and O–H groups in total. The summed E-state index contributed by atoms with van der Waals surface area (Å²) in [5.74, 6) is -12.8. The number of halogens is 5. The molecule has 3 rings (SSSR count). The van der Waals surface area contributed by atoms with Crippen molar-refractivity contribution in [2.75, 3.05) is 11.9 Å². The number of thioether (sulfide) groups is 1. The molecule has 12 heteroatoms. The number of nitrogens with zero attached hydrogens (tertiary/aromatic N) is 2. The van der Waals surface area contributed by atoms with Crippen LogP contribution < -0.4 is 10.1 Å². The minimum absolute atomic E-state index is 0.0902. The van der Waals surface area contributed by atoms with Crippen LogP contribution in [0.5, 0.6) is 5.75 Å². The number of ether oxygens (including phenoxy) is 1. The quantitative estimate of drug-likeness (QED) is 0.179. The number of aromatic nitrogens is 2. The Morgan fingerprint density at radius 1 is 1.00 bits per heavy atom. The summed E-state index contributed by atoms with van der Waals surface area (Å²) in [4.78, 5) is 11.9. The zero-order chi connectivity index (χ0) is 21.8. The lowest BCUT2D eigenvalue weighted by Crippen LogP contribution is -2.21. The fourth-order valence-electron chi connectivity index (χ4n) is 2.15. The maximum absolute atomic E-state index is 13.5. The molecule has 0 saturated carbocycles. The van der Waals surface area contributed by atoms with E-state index in [1.807, 2.05) is 31.2 Å². The Labute approximate surface area is 175 Å². The van der Waals surface area contributed by atoms with E-state index in [0.29, 0.717) is 10.1 Å². The summed E-state index contributed by atoms with van der Waals surface area (Å²) in [6.07, 6.45) is 0. The van der Waals surface area contributed by atoms with Gasteiger partial charge in [-0.25, -0.2) is 13.2 Å². The highest BCUT2D eigenvalue weighted by molar-refractivity contribution is 8.00. The van der Waals surface area contributed by atoms with Crippen LogP contribution >= 0.6 is 23.1 Å². The van der Waals surface area contributed by atoms with Crippen LogP contribution in [0, 0.1) is 36.0 Å². The second kappa shape index (κ2) is 9.39. The van der Waals surface area contributed by atoms with E-state index in [2.05, 4.69) is 20.3 Å². The fraction of sp³-hybridized carbons (Fsp3) is 0.167. The van der Waals surface area contributed by atoms with E-state index in [-0.39, 0.29) is 5.13 Å². The topological polar surface area (TPSA) is 64.1 Å². The van der Waals surface area contributed by atoms with Crippen LogP contribution in [0.2, 0.25) is 0 Å². The Hall–Kier alpha value is -2.73. The summed E-state index contributed by atoms with van der Waals surface area (Å²) in [6, 6.07) is 7.91. The van der Waals surface area contributed by atoms with Crippen LogP contribution in [-0.2, 0) is 10.5 Å². The van der Waals surface area contributed by atoms with Gasteiger partial charge >= 0.3 is 0 Å². The molecule has 30 heavy (non-hydrogen) atoms. The van der Waals surface area contributed by atoms with Gasteiger partial charge in [0.1, 0.15) is 0 Å². The van der Waals surface area contributed by atoms with E-state index in [0.717, 1.165) is 22.5 Å². The van der Waals surface area contributed by atoms with E-state index in [1.54, 1.807) is 0 Å². The molecule has 0 unspecified atom stereocenters. The van der Waals surface area contributed by atoms with Gasteiger partial charge < -0.3 is 4.74 Å². The maximum Gasteiger partial charge on any atom is 0.264 e. The number of carbonyl (C=O) groups excluding carboxylic acids is 1. The first-order valence-corrected chi connectivity index (χ1v) is 10.0. The van der Waals surface area contributed by atoms with Gasteiger partial charge in [0.05, 0.1) is 0 Å². The second-order valence-corrected chi connectivity index (χ2v) is 8.08. The minimum Gasteiger partial charge on any atom is -0.477 e. The highest BCUT2D eigenvalue weighted by Crippen LogP contribution is 2.30. The number of aryl methyl sites for hydroxylation is 1. The number of hydrogen-bond acceptors (Lipinski definition) is 6. The lowest BCUT2D eigenvalue weighted by atomic mass is 10.2. The molecule has 1 aromatic heterocycles. The Bertz CT molecular complexity index is 1050. The first kappa shape index (κ1) is 22.0. The van der Waals surface area contributed by atoms with Crippen LogP contribution in [0.3, 0.4) is 0 Å². The SMILES string of the molecule is Cc1ccc(CSc2nnc(NC(=O)COc3c(F)c(F)c(F)c(F)c3F)s2)cc1. The van der Waals surface area contributed by atoms with E-state index < -0.39 is 47.3 Å². The van der Waals surface area contributed by atoms with Crippen LogP contribution in [0.15, 0.2) is 28.6 Å². The molecule has 1 heterocycles. The maximum atomic E-state index is 13.5. The van der Waals surface area contributed by atoms with Crippen molar-refractivity contribution in [1.82, 2.24) is 10.2 Å².